The van der Waals surface area contributed by atoms with E-state index in [0.717, 1.165) is 10.1 Å². The molecular weight excluding hydrogens is 220 g/mol. The van der Waals surface area contributed by atoms with E-state index in [2.05, 4.69) is 26.8 Å². The fourth-order valence-corrected chi connectivity index (χ4v) is 2.63. The lowest BCUT2D eigenvalue weighted by molar-refractivity contribution is 0.0699. The molecule has 0 bridgehead atoms. The van der Waals surface area contributed by atoms with E-state index in [1.54, 1.807) is 5.38 Å². The number of carboxylic acid groups (broad SMARTS) is 1. The van der Waals surface area contributed by atoms with Gasteiger partial charge in [0.25, 0.3) is 0 Å². The minimum Gasteiger partial charge on any atom is -0.478 e. The third-order valence-corrected chi connectivity index (χ3v) is 3.62. The second-order valence-corrected chi connectivity index (χ2v) is 5.83. The zero-order valence-corrected chi connectivity index (χ0v) is 10.4. The third-order valence-electron chi connectivity index (χ3n) is 2.67. The molecule has 0 spiro atoms. The van der Waals surface area contributed by atoms with Crippen LogP contribution in [0.25, 0.3) is 10.1 Å². The Balaban J connectivity index is 2.62. The largest absolute Gasteiger partial charge is 0.478 e. The Hall–Kier alpha value is -1.35. The highest BCUT2D eigenvalue weighted by atomic mass is 32.1. The average molecular weight is 234 g/mol. The van der Waals surface area contributed by atoms with E-state index in [1.165, 1.54) is 16.9 Å². The minimum absolute atomic E-state index is 0.0988. The number of benzene rings is 1. The van der Waals surface area contributed by atoms with Gasteiger partial charge in [-0.3, -0.25) is 0 Å². The summed E-state index contributed by atoms with van der Waals surface area (Å²) >= 11 is 1.49. The molecule has 0 saturated heterocycles. The van der Waals surface area contributed by atoms with Gasteiger partial charge in [0, 0.05) is 15.5 Å². The van der Waals surface area contributed by atoms with E-state index < -0.39 is 5.97 Å². The summed E-state index contributed by atoms with van der Waals surface area (Å²) in [6.45, 7) is 6.46. The third kappa shape index (κ3) is 1.83. The first-order chi connectivity index (χ1) is 7.39. The van der Waals surface area contributed by atoms with Gasteiger partial charge < -0.3 is 5.11 Å². The number of hydrogen-bond acceptors (Lipinski definition) is 2. The predicted octanol–water partition coefficient (Wildman–Crippen LogP) is 3.90. The first kappa shape index (κ1) is 11.1. The first-order valence-corrected chi connectivity index (χ1v) is 6.02. The quantitative estimate of drug-likeness (QED) is 0.812. The number of carbonyl (C=O) groups is 1. The van der Waals surface area contributed by atoms with Crippen molar-refractivity contribution < 1.29 is 9.90 Å². The second-order valence-electron chi connectivity index (χ2n) is 4.92. The summed E-state index contributed by atoms with van der Waals surface area (Å²) in [7, 11) is 0. The summed E-state index contributed by atoms with van der Waals surface area (Å²) < 4.78 is 1.05. The number of rotatable bonds is 1. The fraction of sp³-hybridized carbons (Fsp3) is 0.308. The van der Waals surface area contributed by atoms with E-state index in [9.17, 15) is 4.79 Å². The van der Waals surface area contributed by atoms with Crippen molar-refractivity contribution in [3.05, 3.63) is 34.7 Å². The van der Waals surface area contributed by atoms with Crippen molar-refractivity contribution in [2.75, 3.05) is 0 Å². The maximum absolute atomic E-state index is 11.0. The van der Waals surface area contributed by atoms with Crippen LogP contribution in [0.1, 0.15) is 36.7 Å². The summed E-state index contributed by atoms with van der Waals surface area (Å²) in [5, 5.41) is 11.6. The molecule has 2 rings (SSSR count). The normalized spacial score (nSPS) is 11.9. The molecule has 84 valence electrons. The fourth-order valence-electron chi connectivity index (χ4n) is 1.66. The van der Waals surface area contributed by atoms with E-state index in [1.807, 2.05) is 12.1 Å². The van der Waals surface area contributed by atoms with Gasteiger partial charge >= 0.3 is 5.97 Å². The summed E-state index contributed by atoms with van der Waals surface area (Å²) in [6, 6.07) is 6.02. The van der Waals surface area contributed by atoms with Crippen LogP contribution in [-0.4, -0.2) is 11.1 Å². The lowest BCUT2D eigenvalue weighted by Gasteiger charge is -2.18. The van der Waals surface area contributed by atoms with Crippen molar-refractivity contribution in [1.82, 2.24) is 0 Å². The number of fused-ring (bicyclic) bond motifs is 1. The van der Waals surface area contributed by atoms with Crippen LogP contribution in [0.4, 0.5) is 0 Å². The molecular formula is C13H14O2S. The Morgan fingerprint density at radius 2 is 2.00 bits per heavy atom. The van der Waals surface area contributed by atoms with Crippen molar-refractivity contribution in [3.63, 3.8) is 0 Å². The monoisotopic (exact) mass is 234 g/mol. The second kappa shape index (κ2) is 3.59. The van der Waals surface area contributed by atoms with Crippen LogP contribution in [0.5, 0.6) is 0 Å². The molecule has 0 amide bonds. The van der Waals surface area contributed by atoms with Crippen LogP contribution in [0.2, 0.25) is 0 Å². The van der Waals surface area contributed by atoms with E-state index in [4.69, 9.17) is 5.11 Å². The molecule has 1 N–H and O–H groups in total. The predicted molar refractivity (Wildman–Crippen MR) is 67.5 cm³/mol. The van der Waals surface area contributed by atoms with Crippen molar-refractivity contribution in [2.45, 2.75) is 26.2 Å². The highest BCUT2D eigenvalue weighted by molar-refractivity contribution is 7.17. The molecule has 2 nitrogen and oxygen atoms in total. The van der Waals surface area contributed by atoms with E-state index in [-0.39, 0.29) is 5.41 Å². The minimum atomic E-state index is -0.852. The SMILES string of the molecule is CC(C)(C)c1ccc2c(C(=O)O)csc2c1. The van der Waals surface area contributed by atoms with Gasteiger partial charge in [-0.1, -0.05) is 32.9 Å². The molecule has 0 aliphatic heterocycles. The maximum Gasteiger partial charge on any atom is 0.337 e. The van der Waals surface area contributed by atoms with Crippen LogP contribution in [-0.2, 0) is 5.41 Å². The van der Waals surface area contributed by atoms with Crippen molar-refractivity contribution in [3.8, 4) is 0 Å². The molecule has 0 radical (unpaired) electrons. The van der Waals surface area contributed by atoms with Crippen LogP contribution in [0, 0.1) is 0 Å². The molecule has 0 fully saturated rings. The molecule has 2 aromatic rings. The topological polar surface area (TPSA) is 37.3 Å². The molecule has 0 aliphatic rings. The summed E-state index contributed by atoms with van der Waals surface area (Å²) in [5.41, 5.74) is 1.74. The lowest BCUT2D eigenvalue weighted by atomic mass is 9.87. The highest BCUT2D eigenvalue weighted by Gasteiger charge is 2.16. The number of hydrogen-bond donors (Lipinski definition) is 1. The molecule has 1 aromatic carbocycles. The zero-order chi connectivity index (χ0) is 11.9. The first-order valence-electron chi connectivity index (χ1n) is 5.14. The molecule has 16 heavy (non-hydrogen) atoms. The Labute approximate surface area is 98.5 Å². The number of carboxylic acids is 1. The van der Waals surface area contributed by atoms with Crippen molar-refractivity contribution >= 4 is 27.4 Å². The average Bonchev–Trinajstić information content (AvgIpc) is 2.58. The molecule has 0 aliphatic carbocycles. The number of aromatic carboxylic acids is 1. The summed E-state index contributed by atoms with van der Waals surface area (Å²) in [6.07, 6.45) is 0. The van der Waals surface area contributed by atoms with E-state index >= 15 is 0 Å². The summed E-state index contributed by atoms with van der Waals surface area (Å²) in [4.78, 5) is 11.0. The van der Waals surface area contributed by atoms with Gasteiger partial charge in [-0.05, 0) is 17.0 Å². The Morgan fingerprint density at radius 3 is 2.56 bits per heavy atom. The molecule has 0 unspecified atom stereocenters. The lowest BCUT2D eigenvalue weighted by Crippen LogP contribution is -2.10. The Morgan fingerprint density at radius 1 is 1.31 bits per heavy atom. The van der Waals surface area contributed by atoms with Gasteiger partial charge in [0.05, 0.1) is 5.56 Å². The Bertz CT molecular complexity index is 547. The number of thiophene rings is 1. The zero-order valence-electron chi connectivity index (χ0n) is 9.57. The van der Waals surface area contributed by atoms with Crippen molar-refractivity contribution in [1.29, 1.82) is 0 Å². The van der Waals surface area contributed by atoms with Crippen LogP contribution in [0.15, 0.2) is 23.6 Å². The van der Waals surface area contributed by atoms with Crippen molar-refractivity contribution in [2.24, 2.45) is 0 Å². The Kier molecular flexibility index (Phi) is 2.50. The molecule has 0 saturated carbocycles. The van der Waals surface area contributed by atoms with Gasteiger partial charge in [-0.25, -0.2) is 4.79 Å². The standard InChI is InChI=1S/C13H14O2S/c1-13(2,3)8-4-5-9-10(12(14)15)7-16-11(9)6-8/h4-7H,1-3H3,(H,14,15). The van der Waals surface area contributed by atoms with Gasteiger partial charge in [0.1, 0.15) is 0 Å². The highest BCUT2D eigenvalue weighted by Crippen LogP contribution is 2.31. The van der Waals surface area contributed by atoms with Crippen LogP contribution in [0.3, 0.4) is 0 Å². The van der Waals surface area contributed by atoms with Gasteiger partial charge in [0.2, 0.25) is 0 Å². The van der Waals surface area contributed by atoms with Gasteiger partial charge in [0.15, 0.2) is 0 Å². The van der Waals surface area contributed by atoms with Crippen LogP contribution < -0.4 is 0 Å². The maximum atomic E-state index is 11.0. The molecule has 1 aromatic heterocycles. The summed E-state index contributed by atoms with van der Waals surface area (Å²) in [5.74, 6) is -0.852. The van der Waals surface area contributed by atoms with E-state index in [0.29, 0.717) is 5.56 Å². The van der Waals surface area contributed by atoms with Gasteiger partial charge in [-0.15, -0.1) is 11.3 Å². The smallest absolute Gasteiger partial charge is 0.337 e. The van der Waals surface area contributed by atoms with Gasteiger partial charge in [-0.2, -0.15) is 0 Å². The van der Waals surface area contributed by atoms with Crippen LogP contribution >= 0.6 is 11.3 Å². The molecule has 3 heteroatoms. The molecule has 1 heterocycles. The molecule has 0 atom stereocenters.